The quantitative estimate of drug-likeness (QED) is 0.216. The molecule has 0 bridgehead atoms. The molecule has 0 fully saturated rings. The Hall–Kier alpha value is -4.35. The molecule has 0 radical (unpaired) electrons. The summed E-state index contributed by atoms with van der Waals surface area (Å²) in [5.41, 5.74) is -5.77. The van der Waals surface area contributed by atoms with Gasteiger partial charge in [0.2, 0.25) is 5.28 Å². The van der Waals surface area contributed by atoms with E-state index in [1.807, 2.05) is 10.6 Å². The number of carbonyl (C=O) groups is 2. The predicted molar refractivity (Wildman–Crippen MR) is 142 cm³/mol. The number of anilines is 2. The molecule has 3 aromatic heterocycles. The molecule has 2 amide bonds. The molecule has 2 N–H and O–H groups in total. The SMILES string of the molecule is CC(C)(C)OC(=O)Nc1cnc(-c2cncc(F)c2)nc1C(F)(F)F.CC(C)(C)OC(=O)Nc1cnc(Cl)nc1C(F)(F)F. The highest BCUT2D eigenvalue weighted by Gasteiger charge is 2.38. The van der Waals surface area contributed by atoms with Crippen LogP contribution in [0.4, 0.5) is 51.7 Å². The highest BCUT2D eigenvalue weighted by atomic mass is 35.5. The third-order valence-corrected chi connectivity index (χ3v) is 4.50. The molecule has 11 nitrogen and oxygen atoms in total. The van der Waals surface area contributed by atoms with Crippen molar-refractivity contribution in [1.82, 2.24) is 24.9 Å². The van der Waals surface area contributed by atoms with Gasteiger partial charge in [-0.25, -0.2) is 33.9 Å². The van der Waals surface area contributed by atoms with Gasteiger partial charge in [-0.05, 0) is 59.2 Å². The van der Waals surface area contributed by atoms with Crippen LogP contribution in [0.1, 0.15) is 52.9 Å². The predicted octanol–water partition coefficient (Wildman–Crippen LogP) is 7.54. The molecular weight excluding hydrogens is 631 g/mol. The van der Waals surface area contributed by atoms with E-state index in [1.54, 1.807) is 41.5 Å². The van der Waals surface area contributed by atoms with Crippen LogP contribution in [0.2, 0.25) is 5.28 Å². The van der Waals surface area contributed by atoms with Gasteiger partial charge in [0.1, 0.15) is 17.0 Å². The zero-order valence-electron chi connectivity index (χ0n) is 23.8. The van der Waals surface area contributed by atoms with Gasteiger partial charge in [-0.3, -0.25) is 15.6 Å². The summed E-state index contributed by atoms with van der Waals surface area (Å²) in [6, 6.07) is 0.948. The minimum Gasteiger partial charge on any atom is -0.444 e. The van der Waals surface area contributed by atoms with Crippen LogP contribution in [0.5, 0.6) is 0 Å². The van der Waals surface area contributed by atoms with E-state index in [1.165, 1.54) is 0 Å². The van der Waals surface area contributed by atoms with Crippen LogP contribution in [0.3, 0.4) is 0 Å². The third-order valence-electron chi connectivity index (χ3n) is 4.32. The summed E-state index contributed by atoms with van der Waals surface area (Å²) in [7, 11) is 0. The number of aromatic nitrogens is 5. The summed E-state index contributed by atoms with van der Waals surface area (Å²) in [5.74, 6) is -1.13. The zero-order chi connectivity index (χ0) is 33.7. The van der Waals surface area contributed by atoms with Gasteiger partial charge in [-0.2, -0.15) is 26.3 Å². The first-order valence-corrected chi connectivity index (χ1v) is 12.5. The van der Waals surface area contributed by atoms with Crippen molar-refractivity contribution >= 4 is 35.2 Å². The Morgan fingerprint density at radius 3 is 1.61 bits per heavy atom. The van der Waals surface area contributed by atoms with Gasteiger partial charge in [0, 0.05) is 11.8 Å². The lowest BCUT2D eigenvalue weighted by Crippen LogP contribution is -2.28. The van der Waals surface area contributed by atoms with Crippen LogP contribution in [-0.4, -0.2) is 48.3 Å². The van der Waals surface area contributed by atoms with E-state index in [-0.39, 0.29) is 11.4 Å². The van der Waals surface area contributed by atoms with E-state index in [2.05, 4.69) is 24.9 Å². The number of hydrogen-bond donors (Lipinski definition) is 2. The molecule has 0 saturated carbocycles. The average molecular weight is 656 g/mol. The fourth-order valence-electron chi connectivity index (χ4n) is 2.86. The topological polar surface area (TPSA) is 141 Å². The summed E-state index contributed by atoms with van der Waals surface area (Å²) in [5, 5.41) is 3.34. The number of ether oxygens (including phenoxy) is 2. The normalized spacial score (nSPS) is 12.0. The number of nitrogens with one attached hydrogen (secondary N) is 2. The lowest BCUT2D eigenvalue weighted by molar-refractivity contribution is -0.141. The number of amides is 2. The Balaban J connectivity index is 0.000000319. The molecule has 3 rings (SSSR count). The minimum absolute atomic E-state index is 0.0330. The number of nitrogens with zero attached hydrogens (tertiary/aromatic N) is 5. The van der Waals surface area contributed by atoms with Crippen molar-refractivity contribution in [3.8, 4) is 11.4 Å². The first-order valence-electron chi connectivity index (χ1n) is 12.1. The summed E-state index contributed by atoms with van der Waals surface area (Å²) < 4.78 is 101. The molecule has 0 atom stereocenters. The molecule has 0 aliphatic rings. The van der Waals surface area contributed by atoms with Crippen LogP contribution in [0, 0.1) is 5.82 Å². The summed E-state index contributed by atoms with van der Waals surface area (Å²) in [6.07, 6.45) is -8.20. The molecule has 0 aromatic carbocycles. The monoisotopic (exact) mass is 655 g/mol. The summed E-state index contributed by atoms with van der Waals surface area (Å²) in [4.78, 5) is 40.2. The van der Waals surface area contributed by atoms with Gasteiger partial charge in [-0.15, -0.1) is 0 Å². The Morgan fingerprint density at radius 2 is 1.18 bits per heavy atom. The van der Waals surface area contributed by atoms with Crippen LogP contribution >= 0.6 is 11.6 Å². The molecule has 0 aliphatic heterocycles. The first kappa shape index (κ1) is 35.8. The van der Waals surface area contributed by atoms with Gasteiger partial charge in [0.05, 0.1) is 30.0 Å². The van der Waals surface area contributed by atoms with E-state index in [4.69, 9.17) is 21.1 Å². The molecule has 0 unspecified atom stereocenters. The molecular formula is C25H25ClF7N7O4. The van der Waals surface area contributed by atoms with Crippen molar-refractivity contribution in [3.05, 3.63) is 53.3 Å². The maximum absolute atomic E-state index is 13.2. The number of halogens is 8. The summed E-state index contributed by atoms with van der Waals surface area (Å²) in [6.45, 7) is 9.43. The second-order valence-corrected chi connectivity index (χ2v) is 10.8. The highest BCUT2D eigenvalue weighted by molar-refractivity contribution is 6.28. The number of carbonyl (C=O) groups excluding carboxylic acids is 2. The zero-order valence-corrected chi connectivity index (χ0v) is 24.5. The minimum atomic E-state index is -4.87. The van der Waals surface area contributed by atoms with Crippen LogP contribution in [0.25, 0.3) is 11.4 Å². The third kappa shape index (κ3) is 11.7. The Bertz CT molecular complexity index is 1490. The van der Waals surface area contributed by atoms with E-state index in [9.17, 15) is 40.3 Å². The van der Waals surface area contributed by atoms with Crippen LogP contribution in [0.15, 0.2) is 30.9 Å². The van der Waals surface area contributed by atoms with Crippen molar-refractivity contribution in [1.29, 1.82) is 0 Å². The van der Waals surface area contributed by atoms with Crippen LogP contribution < -0.4 is 10.6 Å². The fourth-order valence-corrected chi connectivity index (χ4v) is 2.99. The van der Waals surface area contributed by atoms with E-state index >= 15 is 0 Å². The highest BCUT2D eigenvalue weighted by Crippen LogP contribution is 2.35. The molecule has 0 saturated heterocycles. The van der Waals surface area contributed by atoms with E-state index in [0.717, 1.165) is 30.9 Å². The van der Waals surface area contributed by atoms with Crippen molar-refractivity contribution in [2.75, 3.05) is 10.6 Å². The fraction of sp³-hybridized carbons (Fsp3) is 0.400. The van der Waals surface area contributed by atoms with Crippen molar-refractivity contribution in [2.24, 2.45) is 0 Å². The molecule has 0 aliphatic carbocycles. The van der Waals surface area contributed by atoms with Gasteiger partial charge in [0.25, 0.3) is 0 Å². The Kier molecular flexibility index (Phi) is 11.0. The molecule has 3 aromatic rings. The number of alkyl halides is 6. The summed E-state index contributed by atoms with van der Waals surface area (Å²) >= 11 is 5.30. The lowest BCUT2D eigenvalue weighted by atomic mass is 10.2. The molecule has 0 spiro atoms. The van der Waals surface area contributed by atoms with Gasteiger partial charge in [-0.1, -0.05) is 0 Å². The smallest absolute Gasteiger partial charge is 0.435 e. The van der Waals surface area contributed by atoms with Gasteiger partial charge >= 0.3 is 24.5 Å². The maximum Gasteiger partial charge on any atom is 0.435 e. The average Bonchev–Trinajstić information content (AvgIpc) is 2.82. The second-order valence-electron chi connectivity index (χ2n) is 10.5. The molecule has 19 heteroatoms. The van der Waals surface area contributed by atoms with Gasteiger partial charge < -0.3 is 9.47 Å². The van der Waals surface area contributed by atoms with Crippen molar-refractivity contribution in [2.45, 2.75) is 65.1 Å². The Labute approximate surface area is 250 Å². The molecule has 44 heavy (non-hydrogen) atoms. The van der Waals surface area contributed by atoms with Crippen molar-refractivity contribution in [3.63, 3.8) is 0 Å². The number of pyridine rings is 1. The van der Waals surface area contributed by atoms with Crippen LogP contribution in [-0.2, 0) is 21.8 Å². The molecule has 3 heterocycles. The first-order chi connectivity index (χ1) is 19.9. The maximum atomic E-state index is 13.2. The molecule has 240 valence electrons. The standard InChI is InChI=1S/C15H14F4N4O2.C10H11ClF3N3O2/c1-14(2,3)25-13(24)22-10-7-21-12(23-11(10)15(17,18)19)8-4-9(16)6-20-5-8;1-9(2,3)19-8(18)16-5-4-15-7(11)17-6(5)10(12,13)14/h4-7H,1-3H3,(H,22,24);4H,1-3H3,(H,16,18). The lowest BCUT2D eigenvalue weighted by Gasteiger charge is -2.20. The van der Waals surface area contributed by atoms with Gasteiger partial charge in [0.15, 0.2) is 17.2 Å². The van der Waals surface area contributed by atoms with Crippen molar-refractivity contribution < 1.29 is 49.8 Å². The number of hydrogen-bond acceptors (Lipinski definition) is 9. The largest absolute Gasteiger partial charge is 0.444 e. The Morgan fingerprint density at radius 1 is 0.727 bits per heavy atom. The van der Waals surface area contributed by atoms with E-state index < -0.39 is 69.6 Å². The number of rotatable bonds is 3. The van der Waals surface area contributed by atoms with E-state index in [0.29, 0.717) is 0 Å². The second kappa shape index (κ2) is 13.5.